The van der Waals surface area contributed by atoms with Crippen molar-refractivity contribution >= 4 is 28.8 Å². The number of aromatic nitrogens is 1. The van der Waals surface area contributed by atoms with E-state index >= 15 is 0 Å². The van der Waals surface area contributed by atoms with Gasteiger partial charge in [0.05, 0.1) is 11.1 Å². The highest BCUT2D eigenvalue weighted by Gasteiger charge is 2.15. The number of benzene rings is 1. The van der Waals surface area contributed by atoms with E-state index in [0.29, 0.717) is 27.7 Å². The molecule has 0 unspecified atom stereocenters. The number of hydrogen-bond acceptors (Lipinski definition) is 5. The van der Waals surface area contributed by atoms with Crippen molar-refractivity contribution in [3.8, 4) is 0 Å². The number of nitro groups is 1. The van der Waals surface area contributed by atoms with E-state index in [1.807, 2.05) is 0 Å². The molecule has 0 saturated carbocycles. The second-order valence-electron chi connectivity index (χ2n) is 3.13. The molecule has 0 atom stereocenters. The van der Waals surface area contributed by atoms with Gasteiger partial charge in [-0.2, -0.15) is 0 Å². The highest BCUT2D eigenvalue weighted by Crippen LogP contribution is 2.28. The second kappa shape index (κ2) is 4.38. The molecule has 0 aliphatic rings. The lowest BCUT2D eigenvalue weighted by Crippen LogP contribution is -1.99. The Morgan fingerprint density at radius 2 is 2.18 bits per heavy atom. The molecule has 0 spiro atoms. The number of pyridine rings is 1. The van der Waals surface area contributed by atoms with E-state index < -0.39 is 10.3 Å². The Labute approximate surface area is 99.6 Å². The molecule has 1 N–H and O–H groups in total. The van der Waals surface area contributed by atoms with Crippen molar-refractivity contribution in [3.05, 3.63) is 46.1 Å². The van der Waals surface area contributed by atoms with Crippen molar-refractivity contribution in [1.82, 2.24) is 4.98 Å². The van der Waals surface area contributed by atoms with E-state index in [0.717, 1.165) is 0 Å². The third-order valence-corrected chi connectivity index (χ3v) is 2.81. The molecular weight excluding hydrogens is 244 g/mol. The lowest BCUT2D eigenvalue weighted by Gasteiger charge is -2.02. The van der Waals surface area contributed by atoms with Crippen molar-refractivity contribution in [3.63, 3.8) is 0 Å². The van der Waals surface area contributed by atoms with Crippen LogP contribution in [0, 0.1) is 10.1 Å². The fourth-order valence-corrected chi connectivity index (χ4v) is 2.04. The van der Waals surface area contributed by atoms with Crippen LogP contribution in [0.2, 0.25) is 0 Å². The summed E-state index contributed by atoms with van der Waals surface area (Å²) in [5.41, 5.74) is 0.412. The third kappa shape index (κ3) is 2.18. The van der Waals surface area contributed by atoms with E-state index in [-0.39, 0.29) is 5.56 Å². The predicted molar refractivity (Wildman–Crippen MR) is 61.6 cm³/mol. The molecule has 7 heteroatoms. The third-order valence-electron chi connectivity index (χ3n) is 2.14. The minimum Gasteiger partial charge on any atom is -0.478 e. The van der Waals surface area contributed by atoms with Gasteiger partial charge >= 0.3 is 5.97 Å². The van der Waals surface area contributed by atoms with Gasteiger partial charge in [-0.1, -0.05) is 12.1 Å². The minimum atomic E-state index is -1.08. The molecule has 1 aromatic heterocycles. The van der Waals surface area contributed by atoms with Crippen molar-refractivity contribution in [2.75, 3.05) is 0 Å². The minimum absolute atomic E-state index is 0.0841. The molecule has 2 rings (SSSR count). The number of carboxylic acid groups (broad SMARTS) is 1. The van der Waals surface area contributed by atoms with Crippen molar-refractivity contribution in [2.45, 2.75) is 4.90 Å². The monoisotopic (exact) mass is 250 g/mol. The van der Waals surface area contributed by atoms with Gasteiger partial charge in [-0.15, -0.1) is 0 Å². The Hall–Kier alpha value is -2.15. The molecule has 86 valence electrons. The molecule has 1 aromatic carbocycles. The van der Waals surface area contributed by atoms with Gasteiger partial charge in [0.15, 0.2) is 0 Å². The first-order chi connectivity index (χ1) is 8.09. The van der Waals surface area contributed by atoms with Gasteiger partial charge in [-0.25, -0.2) is 4.79 Å². The molecule has 2 aromatic rings. The van der Waals surface area contributed by atoms with E-state index in [1.54, 1.807) is 12.1 Å². The van der Waals surface area contributed by atoms with Gasteiger partial charge in [0.1, 0.15) is 9.22 Å². The van der Waals surface area contributed by atoms with E-state index in [4.69, 9.17) is 5.11 Å². The summed E-state index contributed by atoms with van der Waals surface area (Å²) in [6.07, 6.45) is 1.33. The van der Waals surface area contributed by atoms with Crippen molar-refractivity contribution in [1.29, 1.82) is 0 Å². The fourth-order valence-electron chi connectivity index (χ4n) is 1.49. The van der Waals surface area contributed by atoms with Crippen LogP contribution < -0.4 is 0 Å². The Morgan fingerprint density at radius 3 is 2.82 bits per heavy atom. The first kappa shape index (κ1) is 11.3. The summed E-state index contributed by atoms with van der Waals surface area (Å²) in [7, 11) is 0. The van der Waals surface area contributed by atoms with Gasteiger partial charge < -0.3 is 5.11 Å². The Bertz CT molecular complexity index is 614. The van der Waals surface area contributed by atoms with Gasteiger partial charge in [-0.05, 0) is 12.1 Å². The van der Waals surface area contributed by atoms with Crippen molar-refractivity contribution < 1.29 is 14.2 Å². The second-order valence-corrected chi connectivity index (χ2v) is 4.05. The average Bonchev–Trinajstić information content (AvgIpc) is 2.28. The summed E-state index contributed by atoms with van der Waals surface area (Å²) in [5, 5.41) is 19.8. The van der Waals surface area contributed by atoms with E-state index in [9.17, 15) is 14.9 Å². The maximum absolute atomic E-state index is 11.0. The highest BCUT2D eigenvalue weighted by atomic mass is 32.2. The molecule has 17 heavy (non-hydrogen) atoms. The summed E-state index contributed by atoms with van der Waals surface area (Å²) in [6, 6.07) is 6.05. The largest absolute Gasteiger partial charge is 0.478 e. The zero-order valence-electron chi connectivity index (χ0n) is 8.36. The molecule has 0 saturated heterocycles. The maximum atomic E-state index is 11.0. The molecule has 6 nitrogen and oxygen atoms in total. The SMILES string of the molecule is O=C(O)c1ccnc2c(S[N+](=O)[O-])cccc12. The Kier molecular flexibility index (Phi) is 2.92. The number of carboxylic acids is 1. The van der Waals surface area contributed by atoms with Crippen LogP contribution in [-0.4, -0.2) is 20.4 Å². The summed E-state index contributed by atoms with van der Waals surface area (Å²) in [5.74, 6) is -1.08. The van der Waals surface area contributed by atoms with Gasteiger partial charge in [0.2, 0.25) is 0 Å². The van der Waals surface area contributed by atoms with Crippen LogP contribution in [0.25, 0.3) is 10.9 Å². The van der Waals surface area contributed by atoms with Crippen LogP contribution in [0.3, 0.4) is 0 Å². The lowest BCUT2D eigenvalue weighted by molar-refractivity contribution is -0.284. The molecule has 0 radical (unpaired) electrons. The van der Waals surface area contributed by atoms with Crippen LogP contribution in [0.1, 0.15) is 10.4 Å². The summed E-state index contributed by atoms with van der Waals surface area (Å²) < 4.78 is -0.552. The first-order valence-corrected chi connectivity index (χ1v) is 5.30. The number of carbonyl (C=O) groups is 1. The topological polar surface area (TPSA) is 93.3 Å². The first-order valence-electron chi connectivity index (χ1n) is 4.53. The average molecular weight is 250 g/mol. The number of rotatable bonds is 3. The summed E-state index contributed by atoms with van der Waals surface area (Å²) >= 11 is 0.415. The molecule has 0 amide bonds. The quantitative estimate of drug-likeness (QED) is 0.510. The normalized spacial score (nSPS) is 10.4. The zero-order chi connectivity index (χ0) is 12.4. The van der Waals surface area contributed by atoms with E-state index in [2.05, 4.69) is 4.98 Å². The Morgan fingerprint density at radius 1 is 1.41 bits per heavy atom. The van der Waals surface area contributed by atoms with E-state index in [1.165, 1.54) is 18.3 Å². The Balaban J connectivity index is 2.69. The lowest BCUT2D eigenvalue weighted by atomic mass is 10.1. The molecule has 0 aliphatic heterocycles. The van der Waals surface area contributed by atoms with Crippen LogP contribution in [0.5, 0.6) is 0 Å². The maximum Gasteiger partial charge on any atom is 0.336 e. The van der Waals surface area contributed by atoms with Crippen LogP contribution in [0.4, 0.5) is 0 Å². The molecular formula is C10H6N2O4S. The zero-order valence-corrected chi connectivity index (χ0v) is 9.18. The van der Waals surface area contributed by atoms with Crippen LogP contribution in [-0.2, 0) is 0 Å². The smallest absolute Gasteiger partial charge is 0.336 e. The number of para-hydroxylation sites is 1. The predicted octanol–water partition coefficient (Wildman–Crippen LogP) is 2.22. The number of nitrogens with zero attached hydrogens (tertiary/aromatic N) is 2. The molecule has 0 fully saturated rings. The number of aromatic carboxylic acids is 1. The fraction of sp³-hybridized carbons (Fsp3) is 0. The van der Waals surface area contributed by atoms with Gasteiger partial charge in [0.25, 0.3) is 11.9 Å². The van der Waals surface area contributed by atoms with Gasteiger partial charge in [-0.3, -0.25) is 15.1 Å². The number of hydrogen-bond donors (Lipinski definition) is 1. The molecule has 0 bridgehead atoms. The number of fused-ring (bicyclic) bond motifs is 1. The summed E-state index contributed by atoms with van der Waals surface area (Å²) in [4.78, 5) is 25.8. The van der Waals surface area contributed by atoms with Crippen molar-refractivity contribution in [2.24, 2.45) is 0 Å². The molecule has 1 heterocycles. The van der Waals surface area contributed by atoms with Crippen LogP contribution >= 0.6 is 11.9 Å². The van der Waals surface area contributed by atoms with Gasteiger partial charge in [0, 0.05) is 11.6 Å². The summed E-state index contributed by atoms with van der Waals surface area (Å²) in [6.45, 7) is 0. The standard InChI is InChI=1S/C10H6N2O4S/c13-10(14)7-4-5-11-9-6(7)2-1-3-8(9)17-12(15)16/h1-5H,(H,13,14). The molecule has 0 aliphatic carbocycles. The highest BCUT2D eigenvalue weighted by molar-refractivity contribution is 7.93. The van der Waals surface area contributed by atoms with Crippen LogP contribution in [0.15, 0.2) is 35.4 Å².